The van der Waals surface area contributed by atoms with Gasteiger partial charge in [0.1, 0.15) is 4.21 Å². The zero-order valence-electron chi connectivity index (χ0n) is 18.2. The lowest BCUT2D eigenvalue weighted by atomic mass is 9.97. The number of nitrogens with one attached hydrogen (secondary N) is 1. The van der Waals surface area contributed by atoms with Crippen LogP contribution in [0.4, 0.5) is 11.4 Å². The summed E-state index contributed by atoms with van der Waals surface area (Å²) in [5, 5.41) is 5.42. The van der Waals surface area contributed by atoms with Gasteiger partial charge in [-0.2, -0.15) is 4.31 Å². The van der Waals surface area contributed by atoms with Crippen LogP contribution in [0.3, 0.4) is 0 Å². The molecule has 4 rings (SSSR count). The normalized spacial score (nSPS) is 19.2. The van der Waals surface area contributed by atoms with Crippen LogP contribution in [-0.2, 0) is 14.8 Å². The maximum Gasteiger partial charge on any atom is 0.252 e. The fourth-order valence-electron chi connectivity index (χ4n) is 4.32. The number of amides is 1. The number of hydrogen-bond donors (Lipinski definition) is 1. The molecule has 7 nitrogen and oxygen atoms in total. The molecule has 10 heteroatoms. The SMILES string of the molecule is CCN1CCN(c2ccc(Cl)cc2NC(=O)C2CCN(S(=O)(=O)c3cccs3)CC2)CC1. The van der Waals surface area contributed by atoms with E-state index >= 15 is 0 Å². The number of nitrogens with zero attached hydrogens (tertiary/aromatic N) is 3. The van der Waals surface area contributed by atoms with Crippen LogP contribution in [0.5, 0.6) is 0 Å². The average Bonchev–Trinajstić information content (AvgIpc) is 3.35. The van der Waals surface area contributed by atoms with Crippen molar-refractivity contribution in [3.63, 3.8) is 0 Å². The number of halogens is 1. The summed E-state index contributed by atoms with van der Waals surface area (Å²) in [6.07, 6.45) is 1.00. The van der Waals surface area contributed by atoms with E-state index in [1.807, 2.05) is 12.1 Å². The molecule has 174 valence electrons. The largest absolute Gasteiger partial charge is 0.367 e. The molecule has 2 saturated heterocycles. The van der Waals surface area contributed by atoms with Crippen molar-refractivity contribution in [1.29, 1.82) is 0 Å². The van der Waals surface area contributed by atoms with Crippen molar-refractivity contribution in [2.75, 3.05) is 56.0 Å². The molecule has 0 bridgehead atoms. The van der Waals surface area contributed by atoms with E-state index < -0.39 is 10.0 Å². The molecule has 0 unspecified atom stereocenters. The smallest absolute Gasteiger partial charge is 0.252 e. The van der Waals surface area contributed by atoms with E-state index in [2.05, 4.69) is 22.0 Å². The van der Waals surface area contributed by atoms with Gasteiger partial charge in [0.2, 0.25) is 5.91 Å². The minimum atomic E-state index is -3.47. The number of carbonyl (C=O) groups excluding carboxylic acids is 1. The Kier molecular flexibility index (Phi) is 7.41. The molecule has 0 radical (unpaired) electrons. The monoisotopic (exact) mass is 496 g/mol. The minimum Gasteiger partial charge on any atom is -0.367 e. The molecule has 2 aliphatic heterocycles. The molecule has 0 saturated carbocycles. The van der Waals surface area contributed by atoms with Gasteiger partial charge in [-0.25, -0.2) is 8.42 Å². The summed E-state index contributed by atoms with van der Waals surface area (Å²) in [6, 6.07) is 8.99. The first kappa shape index (κ1) is 23.5. The number of benzene rings is 1. The van der Waals surface area contributed by atoms with Crippen LogP contribution in [-0.4, -0.2) is 69.3 Å². The van der Waals surface area contributed by atoms with Gasteiger partial charge in [0.15, 0.2) is 0 Å². The maximum atomic E-state index is 13.1. The number of thiophene rings is 1. The van der Waals surface area contributed by atoms with E-state index in [-0.39, 0.29) is 11.8 Å². The van der Waals surface area contributed by atoms with Gasteiger partial charge in [-0.3, -0.25) is 4.79 Å². The number of carbonyl (C=O) groups is 1. The first-order valence-electron chi connectivity index (χ1n) is 11.0. The second kappa shape index (κ2) is 10.1. The van der Waals surface area contributed by atoms with E-state index in [0.717, 1.165) is 44.1 Å². The van der Waals surface area contributed by atoms with E-state index in [1.165, 1.54) is 15.6 Å². The highest BCUT2D eigenvalue weighted by Crippen LogP contribution is 2.32. The molecule has 1 aromatic carbocycles. The molecule has 1 N–H and O–H groups in total. The quantitative estimate of drug-likeness (QED) is 0.661. The second-order valence-electron chi connectivity index (χ2n) is 8.18. The van der Waals surface area contributed by atoms with Crippen LogP contribution < -0.4 is 10.2 Å². The fourth-order valence-corrected chi connectivity index (χ4v) is 7.11. The number of piperidine rings is 1. The number of sulfonamides is 1. The van der Waals surface area contributed by atoms with E-state index in [1.54, 1.807) is 23.6 Å². The number of likely N-dealkylation sites (N-methyl/N-ethyl adjacent to an activating group) is 1. The fraction of sp³-hybridized carbons (Fsp3) is 0.500. The summed E-state index contributed by atoms with van der Waals surface area (Å²) in [5.74, 6) is -0.303. The Labute approximate surface area is 199 Å². The van der Waals surface area contributed by atoms with Crippen LogP contribution in [0.1, 0.15) is 19.8 Å². The standard InChI is InChI=1S/C22H29ClN4O3S2/c1-2-25-11-13-26(14-12-25)20-6-5-18(23)16-19(20)24-22(28)17-7-9-27(10-8-17)32(29,30)21-4-3-15-31-21/h3-6,15-17H,2,7-14H2,1H3,(H,24,28). The molecule has 32 heavy (non-hydrogen) atoms. The lowest BCUT2D eigenvalue weighted by Crippen LogP contribution is -2.46. The number of rotatable bonds is 6. The van der Waals surface area contributed by atoms with Crippen molar-refractivity contribution in [3.8, 4) is 0 Å². The van der Waals surface area contributed by atoms with Crippen molar-refractivity contribution in [2.24, 2.45) is 5.92 Å². The lowest BCUT2D eigenvalue weighted by molar-refractivity contribution is -0.120. The molecule has 2 aliphatic rings. The summed E-state index contributed by atoms with van der Waals surface area (Å²) < 4.78 is 27.3. The lowest BCUT2D eigenvalue weighted by Gasteiger charge is -2.36. The number of hydrogen-bond acceptors (Lipinski definition) is 6. The van der Waals surface area contributed by atoms with Crippen LogP contribution in [0, 0.1) is 5.92 Å². The molecule has 0 aliphatic carbocycles. The highest BCUT2D eigenvalue weighted by atomic mass is 35.5. The van der Waals surface area contributed by atoms with Crippen molar-refractivity contribution < 1.29 is 13.2 Å². The Bertz CT molecular complexity index is 1030. The Hall–Kier alpha value is -1.65. The van der Waals surface area contributed by atoms with Gasteiger partial charge in [0, 0.05) is 50.2 Å². The Morgan fingerprint density at radius 1 is 1.12 bits per heavy atom. The van der Waals surface area contributed by atoms with E-state index in [4.69, 9.17) is 11.6 Å². The predicted molar refractivity (Wildman–Crippen MR) is 130 cm³/mol. The highest BCUT2D eigenvalue weighted by molar-refractivity contribution is 7.91. The van der Waals surface area contributed by atoms with Crippen LogP contribution in [0.15, 0.2) is 39.9 Å². The topological polar surface area (TPSA) is 73.0 Å². The van der Waals surface area contributed by atoms with Gasteiger partial charge >= 0.3 is 0 Å². The van der Waals surface area contributed by atoms with E-state index in [0.29, 0.717) is 35.2 Å². The first-order chi connectivity index (χ1) is 15.4. The third-order valence-electron chi connectivity index (χ3n) is 6.29. The molecule has 1 aromatic heterocycles. The van der Waals surface area contributed by atoms with Gasteiger partial charge in [-0.05, 0) is 49.0 Å². The minimum absolute atomic E-state index is 0.0751. The molecule has 1 amide bonds. The average molecular weight is 497 g/mol. The summed E-state index contributed by atoms with van der Waals surface area (Å²) in [5.41, 5.74) is 1.71. The molecule has 2 aromatic rings. The molecular formula is C22H29ClN4O3S2. The highest BCUT2D eigenvalue weighted by Gasteiger charge is 2.33. The van der Waals surface area contributed by atoms with Crippen molar-refractivity contribution >= 4 is 50.2 Å². The van der Waals surface area contributed by atoms with Crippen LogP contribution >= 0.6 is 22.9 Å². The van der Waals surface area contributed by atoms with Crippen LogP contribution in [0.2, 0.25) is 5.02 Å². The van der Waals surface area contributed by atoms with Gasteiger partial charge in [-0.1, -0.05) is 24.6 Å². The number of piperazine rings is 1. The van der Waals surface area contributed by atoms with E-state index in [9.17, 15) is 13.2 Å². The zero-order chi connectivity index (χ0) is 22.7. The Morgan fingerprint density at radius 2 is 1.84 bits per heavy atom. The molecule has 2 fully saturated rings. The maximum absolute atomic E-state index is 13.1. The Morgan fingerprint density at radius 3 is 2.47 bits per heavy atom. The van der Waals surface area contributed by atoms with Gasteiger partial charge < -0.3 is 15.1 Å². The predicted octanol–water partition coefficient (Wildman–Crippen LogP) is 3.58. The van der Waals surface area contributed by atoms with Crippen LogP contribution in [0.25, 0.3) is 0 Å². The van der Waals surface area contributed by atoms with Gasteiger partial charge in [0.25, 0.3) is 10.0 Å². The molecule has 3 heterocycles. The van der Waals surface area contributed by atoms with Crippen molar-refractivity contribution in [3.05, 3.63) is 40.7 Å². The molecule has 0 spiro atoms. The summed E-state index contributed by atoms with van der Waals surface area (Å²) >= 11 is 7.46. The van der Waals surface area contributed by atoms with Crippen molar-refractivity contribution in [1.82, 2.24) is 9.21 Å². The summed E-state index contributed by atoms with van der Waals surface area (Å²) in [7, 11) is -3.47. The zero-order valence-corrected chi connectivity index (χ0v) is 20.6. The third-order valence-corrected chi connectivity index (χ3v) is 9.80. The Balaban J connectivity index is 1.40. The molecular weight excluding hydrogens is 468 g/mol. The summed E-state index contributed by atoms with van der Waals surface area (Å²) in [4.78, 5) is 17.7. The van der Waals surface area contributed by atoms with Crippen molar-refractivity contribution in [2.45, 2.75) is 24.0 Å². The number of anilines is 2. The first-order valence-corrected chi connectivity index (χ1v) is 13.7. The molecule has 0 atom stereocenters. The summed E-state index contributed by atoms with van der Waals surface area (Å²) in [6.45, 7) is 7.68. The second-order valence-corrected chi connectivity index (χ2v) is 11.7. The van der Waals surface area contributed by atoms with Gasteiger partial charge in [-0.15, -0.1) is 11.3 Å². The third kappa shape index (κ3) is 5.12. The van der Waals surface area contributed by atoms with Gasteiger partial charge in [0.05, 0.1) is 11.4 Å².